The molecule has 1 heterocycles. The minimum Gasteiger partial charge on any atom is -0.313 e. The third-order valence-electron chi connectivity index (χ3n) is 2.19. The lowest BCUT2D eigenvalue weighted by molar-refractivity contribution is 0.483. The topological polar surface area (TPSA) is 87.2 Å². The zero-order valence-corrected chi connectivity index (χ0v) is 10.7. The average Bonchev–Trinajstić information content (AvgIpc) is 2.57. The molecule has 2 aromatic rings. The molecule has 5 nitrogen and oxygen atoms in total. The standard InChI is InChI=1S/C11H9NO4S2/c1-7-12-11(13)9(17-7)6-8-4-2-3-5-10(8)18(14,15)16/h2-6H,1H2,(H,12,13)(H,14,15,16)/b9-6-. The maximum absolute atomic E-state index is 11.5. The number of rotatable bonds is 2. The summed E-state index contributed by atoms with van der Waals surface area (Å²) in [5, 5.41) is 0. The Hall–Kier alpha value is -1.70. The van der Waals surface area contributed by atoms with Crippen LogP contribution in [0.4, 0.5) is 0 Å². The van der Waals surface area contributed by atoms with Gasteiger partial charge in [0.15, 0.2) is 0 Å². The molecule has 0 aliphatic heterocycles. The smallest absolute Gasteiger partial charge is 0.295 e. The summed E-state index contributed by atoms with van der Waals surface area (Å²) in [6.07, 6.45) is 1.40. The summed E-state index contributed by atoms with van der Waals surface area (Å²) in [5.41, 5.74) is -0.0810. The monoisotopic (exact) mass is 283 g/mol. The second-order valence-electron chi connectivity index (χ2n) is 3.50. The quantitative estimate of drug-likeness (QED) is 0.755. The van der Waals surface area contributed by atoms with E-state index in [-0.39, 0.29) is 16.0 Å². The lowest BCUT2D eigenvalue weighted by atomic mass is 10.2. The van der Waals surface area contributed by atoms with Gasteiger partial charge in [-0.25, -0.2) is 0 Å². The molecule has 0 saturated carbocycles. The minimum absolute atomic E-state index is 0.233. The number of H-pyrrole nitrogens is 1. The lowest BCUT2D eigenvalue weighted by Crippen LogP contribution is -2.20. The molecule has 0 spiro atoms. The molecule has 0 aliphatic carbocycles. The highest BCUT2D eigenvalue weighted by Gasteiger charge is 2.13. The first kappa shape index (κ1) is 12.7. The highest BCUT2D eigenvalue weighted by molar-refractivity contribution is 7.85. The first-order valence-electron chi connectivity index (χ1n) is 4.84. The number of aromatic amines is 1. The van der Waals surface area contributed by atoms with Gasteiger partial charge in [-0.3, -0.25) is 9.35 Å². The summed E-state index contributed by atoms with van der Waals surface area (Å²) < 4.78 is 32.2. The van der Waals surface area contributed by atoms with Gasteiger partial charge in [-0.05, 0) is 17.7 Å². The van der Waals surface area contributed by atoms with Crippen LogP contribution >= 0.6 is 11.3 Å². The van der Waals surface area contributed by atoms with Gasteiger partial charge in [-0.15, -0.1) is 11.3 Å². The molecular weight excluding hydrogens is 274 g/mol. The molecule has 0 bridgehead atoms. The average molecular weight is 283 g/mol. The lowest BCUT2D eigenvalue weighted by Gasteiger charge is -2.00. The minimum atomic E-state index is -4.31. The largest absolute Gasteiger partial charge is 0.313 e. The third-order valence-corrected chi connectivity index (χ3v) is 3.99. The van der Waals surface area contributed by atoms with Gasteiger partial charge < -0.3 is 4.98 Å². The Kier molecular flexibility index (Phi) is 3.20. The van der Waals surface area contributed by atoms with Gasteiger partial charge in [0.1, 0.15) is 4.90 Å². The van der Waals surface area contributed by atoms with Crippen LogP contribution in [-0.4, -0.2) is 18.0 Å². The Morgan fingerprint density at radius 2 is 2.00 bits per heavy atom. The van der Waals surface area contributed by atoms with Crippen LogP contribution < -0.4 is 14.8 Å². The first-order valence-corrected chi connectivity index (χ1v) is 7.10. The number of hydrogen-bond acceptors (Lipinski definition) is 4. The van der Waals surface area contributed by atoms with E-state index in [4.69, 9.17) is 4.55 Å². The van der Waals surface area contributed by atoms with Crippen LogP contribution in [0, 0.1) is 0 Å². The molecule has 18 heavy (non-hydrogen) atoms. The van der Waals surface area contributed by atoms with E-state index in [2.05, 4.69) is 11.6 Å². The molecule has 0 atom stereocenters. The van der Waals surface area contributed by atoms with E-state index >= 15 is 0 Å². The molecule has 0 radical (unpaired) electrons. The molecule has 7 heteroatoms. The Morgan fingerprint density at radius 1 is 1.33 bits per heavy atom. The number of benzene rings is 1. The van der Waals surface area contributed by atoms with Crippen LogP contribution in [0.25, 0.3) is 12.7 Å². The number of hydrogen-bond donors (Lipinski definition) is 2. The van der Waals surface area contributed by atoms with Crippen LogP contribution in [0.15, 0.2) is 34.0 Å². The van der Waals surface area contributed by atoms with E-state index in [1.54, 1.807) is 6.07 Å². The summed E-state index contributed by atoms with van der Waals surface area (Å²) in [6.45, 7) is 3.59. The van der Waals surface area contributed by atoms with Gasteiger partial charge in [-0.1, -0.05) is 24.8 Å². The number of nitrogens with one attached hydrogen (secondary N) is 1. The predicted molar refractivity (Wildman–Crippen MR) is 69.5 cm³/mol. The van der Waals surface area contributed by atoms with Crippen molar-refractivity contribution in [1.82, 2.24) is 4.98 Å². The summed E-state index contributed by atoms with van der Waals surface area (Å²) in [7, 11) is -4.31. The van der Waals surface area contributed by atoms with Gasteiger partial charge >= 0.3 is 0 Å². The maximum Gasteiger partial charge on any atom is 0.295 e. The first-order chi connectivity index (χ1) is 8.38. The molecule has 2 N–H and O–H groups in total. The number of aromatic nitrogens is 1. The fourth-order valence-corrected chi connectivity index (χ4v) is 2.88. The molecule has 94 valence electrons. The molecule has 1 aromatic heterocycles. The fourth-order valence-electron chi connectivity index (χ4n) is 1.46. The van der Waals surface area contributed by atoms with Crippen molar-refractivity contribution in [3.8, 4) is 0 Å². The van der Waals surface area contributed by atoms with Gasteiger partial charge in [0, 0.05) is 0 Å². The highest BCUT2D eigenvalue weighted by Crippen LogP contribution is 2.15. The van der Waals surface area contributed by atoms with Crippen molar-refractivity contribution in [3.05, 3.63) is 49.4 Å². The summed E-state index contributed by atoms with van der Waals surface area (Å²) in [6, 6.07) is 5.89. The number of thiazole rings is 1. The molecule has 0 aliphatic rings. The molecule has 1 aromatic carbocycles. The maximum atomic E-state index is 11.5. The van der Waals surface area contributed by atoms with Gasteiger partial charge in [0.2, 0.25) is 0 Å². The van der Waals surface area contributed by atoms with E-state index < -0.39 is 10.1 Å². The van der Waals surface area contributed by atoms with Crippen molar-refractivity contribution in [2.45, 2.75) is 4.90 Å². The highest BCUT2D eigenvalue weighted by atomic mass is 32.2. The molecule has 0 saturated heterocycles. The van der Waals surface area contributed by atoms with Crippen molar-refractivity contribution >= 4 is 34.1 Å². The zero-order valence-electron chi connectivity index (χ0n) is 9.08. The van der Waals surface area contributed by atoms with Crippen molar-refractivity contribution in [2.24, 2.45) is 0 Å². The van der Waals surface area contributed by atoms with Crippen LogP contribution in [0.5, 0.6) is 0 Å². The predicted octanol–water partition coefficient (Wildman–Crippen LogP) is -0.0778. The van der Waals surface area contributed by atoms with Gasteiger partial charge in [0.25, 0.3) is 15.7 Å². The van der Waals surface area contributed by atoms with Crippen molar-refractivity contribution in [2.75, 3.05) is 0 Å². The van der Waals surface area contributed by atoms with Crippen LogP contribution in [-0.2, 0) is 10.1 Å². The second kappa shape index (κ2) is 4.52. The second-order valence-corrected chi connectivity index (χ2v) is 6.03. The summed E-state index contributed by atoms with van der Waals surface area (Å²) >= 11 is 1.12. The molecule has 0 amide bonds. The van der Waals surface area contributed by atoms with Gasteiger partial charge in [0.05, 0.1) is 9.20 Å². The van der Waals surface area contributed by atoms with Crippen molar-refractivity contribution in [1.29, 1.82) is 0 Å². The van der Waals surface area contributed by atoms with Crippen molar-refractivity contribution in [3.63, 3.8) is 0 Å². The summed E-state index contributed by atoms with van der Waals surface area (Å²) in [5.74, 6) is 0. The Bertz CT molecular complexity index is 846. The van der Waals surface area contributed by atoms with E-state index in [0.717, 1.165) is 11.3 Å². The summed E-state index contributed by atoms with van der Waals surface area (Å²) in [4.78, 5) is 13.7. The van der Waals surface area contributed by atoms with Crippen molar-refractivity contribution < 1.29 is 13.0 Å². The Balaban J connectivity index is 2.76. The van der Waals surface area contributed by atoms with E-state index in [1.165, 1.54) is 24.3 Å². The Labute approximate surface area is 106 Å². The van der Waals surface area contributed by atoms with Gasteiger partial charge in [-0.2, -0.15) is 8.42 Å². The molecule has 0 unspecified atom stereocenters. The third kappa shape index (κ3) is 2.58. The fraction of sp³-hybridized carbons (Fsp3) is 0. The van der Waals surface area contributed by atoms with E-state index in [9.17, 15) is 13.2 Å². The normalized spacial score (nSPS) is 12.8. The SMILES string of the molecule is C=c1[nH]c(=O)/c(=C/c2ccccc2S(=O)(=O)O)s1. The molecular formula is C11H9NO4S2. The molecule has 2 rings (SSSR count). The van der Waals surface area contributed by atoms with E-state index in [0.29, 0.717) is 9.20 Å². The van der Waals surface area contributed by atoms with E-state index in [1.807, 2.05) is 0 Å². The van der Waals surface area contributed by atoms with Crippen LogP contribution in [0.3, 0.4) is 0 Å². The Morgan fingerprint density at radius 3 is 2.56 bits per heavy atom. The zero-order chi connectivity index (χ0) is 13.3. The van der Waals surface area contributed by atoms with Crippen LogP contribution in [0.2, 0.25) is 0 Å². The van der Waals surface area contributed by atoms with Crippen LogP contribution in [0.1, 0.15) is 5.56 Å². The molecule has 0 fully saturated rings.